The predicted molar refractivity (Wildman–Crippen MR) is 78.7 cm³/mol. The molecular weight excluding hydrogens is 288 g/mol. The minimum atomic E-state index is 0.290. The van der Waals surface area contributed by atoms with Gasteiger partial charge in [-0.1, -0.05) is 52.3 Å². The Hall–Kier alpha value is -1.80. The third-order valence-electron chi connectivity index (χ3n) is 3.01. The molecule has 0 heterocycles. The summed E-state index contributed by atoms with van der Waals surface area (Å²) in [4.78, 5) is 0. The first-order valence-corrected chi connectivity index (χ1v) is 6.51. The Balaban J connectivity index is 2.21. The molecule has 0 aliphatic heterocycles. The second kappa shape index (κ2) is 4.46. The maximum Gasteiger partial charge on any atom is 0.115 e. The van der Waals surface area contributed by atoms with Crippen molar-refractivity contribution in [2.45, 2.75) is 0 Å². The molecule has 0 radical (unpaired) electrons. The van der Waals surface area contributed by atoms with Crippen molar-refractivity contribution in [3.63, 3.8) is 0 Å². The van der Waals surface area contributed by atoms with Gasteiger partial charge < -0.3 is 5.11 Å². The summed E-state index contributed by atoms with van der Waals surface area (Å²) < 4.78 is 1.09. The van der Waals surface area contributed by atoms with Crippen molar-refractivity contribution in [2.24, 2.45) is 0 Å². The zero-order valence-electron chi connectivity index (χ0n) is 9.60. The van der Waals surface area contributed by atoms with Crippen LogP contribution in [0, 0.1) is 0 Å². The monoisotopic (exact) mass is 298 g/mol. The van der Waals surface area contributed by atoms with Crippen molar-refractivity contribution in [1.82, 2.24) is 0 Å². The molecule has 0 amide bonds. The smallest absolute Gasteiger partial charge is 0.115 e. The Morgan fingerprint density at radius 2 is 1.50 bits per heavy atom. The Morgan fingerprint density at radius 1 is 0.778 bits per heavy atom. The summed E-state index contributed by atoms with van der Waals surface area (Å²) in [6.07, 6.45) is 0. The van der Waals surface area contributed by atoms with E-state index in [1.807, 2.05) is 24.3 Å². The zero-order chi connectivity index (χ0) is 12.5. The van der Waals surface area contributed by atoms with Crippen LogP contribution in [0.15, 0.2) is 65.1 Å². The van der Waals surface area contributed by atoms with Gasteiger partial charge in [-0.25, -0.2) is 0 Å². The molecule has 0 bridgehead atoms. The van der Waals surface area contributed by atoms with Gasteiger partial charge in [-0.15, -0.1) is 0 Å². The van der Waals surface area contributed by atoms with Crippen LogP contribution in [0.3, 0.4) is 0 Å². The van der Waals surface area contributed by atoms with Gasteiger partial charge in [0, 0.05) is 4.47 Å². The highest BCUT2D eigenvalue weighted by Crippen LogP contribution is 2.31. The van der Waals surface area contributed by atoms with E-state index in [2.05, 4.69) is 40.2 Å². The third kappa shape index (κ3) is 2.00. The quantitative estimate of drug-likeness (QED) is 0.672. The highest BCUT2D eigenvalue weighted by molar-refractivity contribution is 9.10. The molecular formula is C16H11BrO. The maximum atomic E-state index is 9.32. The molecule has 0 aromatic heterocycles. The van der Waals surface area contributed by atoms with E-state index in [4.69, 9.17) is 0 Å². The fourth-order valence-electron chi connectivity index (χ4n) is 2.08. The van der Waals surface area contributed by atoms with E-state index in [-0.39, 0.29) is 0 Å². The SMILES string of the molecule is Oc1ccc(-c2cc(Br)c3ccccc3c2)cc1. The number of benzene rings is 3. The van der Waals surface area contributed by atoms with Gasteiger partial charge in [0.25, 0.3) is 0 Å². The van der Waals surface area contributed by atoms with Gasteiger partial charge in [0.2, 0.25) is 0 Å². The van der Waals surface area contributed by atoms with Crippen LogP contribution in [0.2, 0.25) is 0 Å². The second-order valence-electron chi connectivity index (χ2n) is 4.23. The Labute approximate surface area is 114 Å². The molecule has 0 fully saturated rings. The molecule has 1 N–H and O–H groups in total. The first-order chi connectivity index (χ1) is 8.74. The largest absolute Gasteiger partial charge is 0.508 e. The van der Waals surface area contributed by atoms with Crippen LogP contribution in [0.5, 0.6) is 5.75 Å². The van der Waals surface area contributed by atoms with Gasteiger partial charge in [-0.05, 0) is 46.2 Å². The lowest BCUT2D eigenvalue weighted by Crippen LogP contribution is -1.80. The number of hydrogen-bond acceptors (Lipinski definition) is 1. The van der Waals surface area contributed by atoms with Gasteiger partial charge in [0.05, 0.1) is 0 Å². The van der Waals surface area contributed by atoms with Crippen LogP contribution in [0.25, 0.3) is 21.9 Å². The summed E-state index contributed by atoms with van der Waals surface area (Å²) in [5.74, 6) is 0.290. The van der Waals surface area contributed by atoms with Gasteiger partial charge >= 0.3 is 0 Å². The highest BCUT2D eigenvalue weighted by Gasteiger charge is 2.03. The van der Waals surface area contributed by atoms with E-state index in [0.717, 1.165) is 15.6 Å². The summed E-state index contributed by atoms with van der Waals surface area (Å²) in [6.45, 7) is 0. The van der Waals surface area contributed by atoms with E-state index in [1.165, 1.54) is 10.8 Å². The molecule has 18 heavy (non-hydrogen) atoms. The van der Waals surface area contributed by atoms with Gasteiger partial charge in [0.15, 0.2) is 0 Å². The van der Waals surface area contributed by atoms with Crippen LogP contribution in [-0.2, 0) is 0 Å². The molecule has 88 valence electrons. The predicted octanol–water partition coefficient (Wildman–Crippen LogP) is 4.97. The molecule has 0 atom stereocenters. The first-order valence-electron chi connectivity index (χ1n) is 5.72. The molecule has 3 aromatic carbocycles. The Bertz CT molecular complexity index is 702. The van der Waals surface area contributed by atoms with Crippen molar-refractivity contribution in [3.05, 3.63) is 65.1 Å². The molecule has 2 heteroatoms. The minimum Gasteiger partial charge on any atom is -0.508 e. The lowest BCUT2D eigenvalue weighted by molar-refractivity contribution is 0.475. The number of rotatable bonds is 1. The van der Waals surface area contributed by atoms with E-state index < -0.39 is 0 Å². The molecule has 0 aliphatic rings. The molecule has 3 aromatic rings. The Morgan fingerprint density at radius 3 is 2.28 bits per heavy atom. The average Bonchev–Trinajstić information content (AvgIpc) is 2.39. The number of aromatic hydroxyl groups is 1. The van der Waals surface area contributed by atoms with Gasteiger partial charge in [0.1, 0.15) is 5.75 Å². The molecule has 0 spiro atoms. The van der Waals surface area contributed by atoms with Crippen molar-refractivity contribution in [1.29, 1.82) is 0 Å². The van der Waals surface area contributed by atoms with Crippen LogP contribution >= 0.6 is 15.9 Å². The van der Waals surface area contributed by atoms with E-state index in [9.17, 15) is 5.11 Å². The summed E-state index contributed by atoms with van der Waals surface area (Å²) in [6, 6.07) is 19.8. The van der Waals surface area contributed by atoms with Crippen LogP contribution in [0.1, 0.15) is 0 Å². The first kappa shape index (κ1) is 11.3. The summed E-state index contributed by atoms with van der Waals surface area (Å²) in [5.41, 5.74) is 2.24. The zero-order valence-corrected chi connectivity index (χ0v) is 11.2. The molecule has 3 rings (SSSR count). The number of halogens is 1. The van der Waals surface area contributed by atoms with Crippen molar-refractivity contribution >= 4 is 26.7 Å². The molecule has 0 saturated heterocycles. The van der Waals surface area contributed by atoms with Crippen LogP contribution < -0.4 is 0 Å². The van der Waals surface area contributed by atoms with Gasteiger partial charge in [-0.2, -0.15) is 0 Å². The number of fused-ring (bicyclic) bond motifs is 1. The lowest BCUT2D eigenvalue weighted by atomic mass is 10.0. The fourth-order valence-corrected chi connectivity index (χ4v) is 2.69. The molecule has 0 aliphatic carbocycles. The highest BCUT2D eigenvalue weighted by atomic mass is 79.9. The van der Waals surface area contributed by atoms with Gasteiger partial charge in [-0.3, -0.25) is 0 Å². The second-order valence-corrected chi connectivity index (χ2v) is 5.08. The summed E-state index contributed by atoms with van der Waals surface area (Å²) in [5, 5.41) is 11.7. The minimum absolute atomic E-state index is 0.290. The van der Waals surface area contributed by atoms with Crippen LogP contribution in [0.4, 0.5) is 0 Å². The maximum absolute atomic E-state index is 9.32. The number of hydrogen-bond donors (Lipinski definition) is 1. The number of phenols is 1. The summed E-state index contributed by atoms with van der Waals surface area (Å²) in [7, 11) is 0. The van der Waals surface area contributed by atoms with Crippen molar-refractivity contribution in [3.8, 4) is 16.9 Å². The normalized spacial score (nSPS) is 10.7. The van der Waals surface area contributed by atoms with Crippen LogP contribution in [-0.4, -0.2) is 5.11 Å². The average molecular weight is 299 g/mol. The Kier molecular flexibility index (Phi) is 2.80. The van der Waals surface area contributed by atoms with E-state index in [1.54, 1.807) is 12.1 Å². The molecule has 0 unspecified atom stereocenters. The number of phenolic OH excluding ortho intramolecular Hbond substituents is 1. The third-order valence-corrected chi connectivity index (χ3v) is 3.67. The van der Waals surface area contributed by atoms with Crippen molar-refractivity contribution in [2.75, 3.05) is 0 Å². The lowest BCUT2D eigenvalue weighted by Gasteiger charge is -2.06. The topological polar surface area (TPSA) is 20.2 Å². The summed E-state index contributed by atoms with van der Waals surface area (Å²) >= 11 is 3.61. The van der Waals surface area contributed by atoms with E-state index in [0.29, 0.717) is 5.75 Å². The molecule has 1 nitrogen and oxygen atoms in total. The fraction of sp³-hybridized carbons (Fsp3) is 0. The standard InChI is InChI=1S/C16H11BrO/c17-16-10-13(11-5-7-14(18)8-6-11)9-12-3-1-2-4-15(12)16/h1-10,18H. The van der Waals surface area contributed by atoms with E-state index >= 15 is 0 Å². The molecule has 0 saturated carbocycles. The van der Waals surface area contributed by atoms with Crippen molar-refractivity contribution < 1.29 is 5.11 Å².